The fourth-order valence-electron chi connectivity index (χ4n) is 4.34. The molecular formula is C25H25ClN4O3. The van der Waals surface area contributed by atoms with Gasteiger partial charge in [-0.05, 0) is 29.3 Å². The van der Waals surface area contributed by atoms with Crippen LogP contribution in [-0.2, 0) is 24.9 Å². The van der Waals surface area contributed by atoms with Crippen molar-refractivity contribution in [3.63, 3.8) is 0 Å². The zero-order valence-corrected chi connectivity index (χ0v) is 19.2. The van der Waals surface area contributed by atoms with E-state index in [4.69, 9.17) is 16.3 Å². The molecule has 0 spiro atoms. The summed E-state index contributed by atoms with van der Waals surface area (Å²) in [6.07, 6.45) is 1.66. The molecule has 1 aliphatic heterocycles. The number of morpholine rings is 1. The first kappa shape index (κ1) is 21.7. The van der Waals surface area contributed by atoms with E-state index >= 15 is 0 Å². The number of aromatic nitrogens is 3. The number of rotatable bonds is 5. The van der Waals surface area contributed by atoms with Crippen molar-refractivity contribution in [3.05, 3.63) is 97.7 Å². The van der Waals surface area contributed by atoms with Crippen molar-refractivity contribution in [2.75, 3.05) is 26.3 Å². The summed E-state index contributed by atoms with van der Waals surface area (Å²) in [4.78, 5) is 28.2. The molecule has 170 valence electrons. The number of benzene rings is 2. The lowest BCUT2D eigenvalue weighted by Gasteiger charge is -2.26. The largest absolute Gasteiger partial charge is 0.379 e. The van der Waals surface area contributed by atoms with Crippen LogP contribution in [0.2, 0.25) is 5.02 Å². The molecule has 33 heavy (non-hydrogen) atoms. The quantitative estimate of drug-likeness (QED) is 0.455. The van der Waals surface area contributed by atoms with Crippen molar-refractivity contribution in [2.24, 2.45) is 7.05 Å². The van der Waals surface area contributed by atoms with Crippen LogP contribution in [0.5, 0.6) is 0 Å². The second-order valence-electron chi connectivity index (χ2n) is 8.36. The molecule has 4 aromatic rings. The summed E-state index contributed by atoms with van der Waals surface area (Å²) >= 11 is 6.14. The van der Waals surface area contributed by atoms with Gasteiger partial charge in [0.15, 0.2) is 0 Å². The molecule has 8 heteroatoms. The minimum atomic E-state index is -0.167. The van der Waals surface area contributed by atoms with Crippen molar-refractivity contribution in [1.29, 1.82) is 0 Å². The van der Waals surface area contributed by atoms with Gasteiger partial charge in [-0.1, -0.05) is 41.9 Å². The molecule has 0 amide bonds. The third kappa shape index (κ3) is 4.39. The second kappa shape index (κ2) is 9.02. The van der Waals surface area contributed by atoms with Crippen LogP contribution in [0.25, 0.3) is 16.6 Å². The van der Waals surface area contributed by atoms with E-state index in [-0.39, 0.29) is 11.1 Å². The van der Waals surface area contributed by atoms with Gasteiger partial charge in [0.2, 0.25) is 0 Å². The van der Waals surface area contributed by atoms with Crippen LogP contribution >= 0.6 is 11.6 Å². The van der Waals surface area contributed by atoms with Crippen LogP contribution in [-0.4, -0.2) is 45.1 Å². The Kier molecular flexibility index (Phi) is 5.93. The molecule has 0 atom stereocenters. The Morgan fingerprint density at radius 2 is 1.64 bits per heavy atom. The average molecular weight is 465 g/mol. The molecular weight excluding hydrogens is 440 g/mol. The minimum absolute atomic E-state index is 0.165. The summed E-state index contributed by atoms with van der Waals surface area (Å²) in [6.45, 7) is 4.74. The number of hydrogen-bond acceptors (Lipinski definition) is 4. The number of nitrogens with zero attached hydrogens (tertiary/aromatic N) is 4. The van der Waals surface area contributed by atoms with Crippen LogP contribution in [0.4, 0.5) is 0 Å². The van der Waals surface area contributed by atoms with Gasteiger partial charge >= 0.3 is 0 Å². The Hall–Kier alpha value is -3.13. The lowest BCUT2D eigenvalue weighted by molar-refractivity contribution is 0.0342. The molecule has 2 aromatic heterocycles. The van der Waals surface area contributed by atoms with E-state index in [0.717, 1.165) is 44.1 Å². The highest BCUT2D eigenvalue weighted by Gasteiger charge is 2.15. The van der Waals surface area contributed by atoms with Crippen LogP contribution in [0.3, 0.4) is 0 Å². The lowest BCUT2D eigenvalue weighted by Crippen LogP contribution is -2.35. The number of hydrogen-bond donors (Lipinski definition) is 0. The van der Waals surface area contributed by atoms with Gasteiger partial charge in [0.25, 0.3) is 11.1 Å². The first-order chi connectivity index (χ1) is 16.0. The van der Waals surface area contributed by atoms with Crippen molar-refractivity contribution in [1.82, 2.24) is 18.8 Å². The number of fused-ring (bicyclic) bond motifs is 1. The van der Waals surface area contributed by atoms with Crippen molar-refractivity contribution in [3.8, 4) is 5.69 Å². The van der Waals surface area contributed by atoms with E-state index in [1.54, 1.807) is 34.6 Å². The van der Waals surface area contributed by atoms with E-state index in [9.17, 15) is 9.59 Å². The fraction of sp³-hybridized carbons (Fsp3) is 0.280. The van der Waals surface area contributed by atoms with E-state index in [1.807, 2.05) is 24.3 Å². The van der Waals surface area contributed by atoms with Gasteiger partial charge in [0, 0.05) is 44.0 Å². The maximum absolute atomic E-state index is 12.9. The number of ether oxygens (including phenoxy) is 1. The van der Waals surface area contributed by atoms with Gasteiger partial charge in [-0.15, -0.1) is 0 Å². The Bertz CT molecular complexity index is 1410. The molecule has 2 aromatic carbocycles. The number of pyridine rings is 1. The third-order valence-electron chi connectivity index (χ3n) is 6.10. The molecule has 0 bridgehead atoms. The summed E-state index contributed by atoms with van der Waals surface area (Å²) in [5, 5.41) is 1.05. The van der Waals surface area contributed by atoms with Gasteiger partial charge in [-0.3, -0.25) is 19.2 Å². The molecule has 0 N–H and O–H groups in total. The monoisotopic (exact) mass is 464 g/mol. The molecule has 1 saturated heterocycles. The first-order valence-electron chi connectivity index (χ1n) is 11.0. The van der Waals surface area contributed by atoms with Crippen LogP contribution in [0, 0.1) is 0 Å². The minimum Gasteiger partial charge on any atom is -0.379 e. The van der Waals surface area contributed by atoms with Gasteiger partial charge < -0.3 is 9.30 Å². The summed E-state index contributed by atoms with van der Waals surface area (Å²) < 4.78 is 10.2. The standard InChI is InChI=1S/C25H25ClN4O3/c1-27-25(32)22-17-29(24(31)14-23(22)30(27)21-4-2-3-20(26)13-21)16-19-7-5-18(6-8-19)15-28-9-11-33-12-10-28/h2-8,13-14,17H,9-12,15-16H2,1H3. The Morgan fingerprint density at radius 1 is 0.939 bits per heavy atom. The summed E-state index contributed by atoms with van der Waals surface area (Å²) in [6, 6.07) is 17.0. The molecule has 0 unspecified atom stereocenters. The summed E-state index contributed by atoms with van der Waals surface area (Å²) in [5.74, 6) is 0. The van der Waals surface area contributed by atoms with E-state index < -0.39 is 0 Å². The lowest BCUT2D eigenvalue weighted by atomic mass is 10.1. The molecule has 0 radical (unpaired) electrons. The highest BCUT2D eigenvalue weighted by Crippen LogP contribution is 2.19. The molecule has 7 nitrogen and oxygen atoms in total. The van der Waals surface area contributed by atoms with Crippen LogP contribution < -0.4 is 11.1 Å². The molecule has 1 aliphatic rings. The Morgan fingerprint density at radius 3 is 2.33 bits per heavy atom. The normalized spacial score (nSPS) is 14.7. The van der Waals surface area contributed by atoms with Crippen molar-refractivity contribution < 1.29 is 4.74 Å². The maximum atomic E-state index is 12.9. The second-order valence-corrected chi connectivity index (χ2v) is 8.80. The zero-order chi connectivity index (χ0) is 22.9. The topological polar surface area (TPSA) is 61.4 Å². The van der Waals surface area contributed by atoms with Gasteiger partial charge in [-0.25, -0.2) is 4.68 Å². The summed E-state index contributed by atoms with van der Waals surface area (Å²) in [7, 11) is 1.69. The smallest absolute Gasteiger partial charge is 0.276 e. The maximum Gasteiger partial charge on any atom is 0.276 e. The average Bonchev–Trinajstić information content (AvgIpc) is 3.05. The highest BCUT2D eigenvalue weighted by atomic mass is 35.5. The van der Waals surface area contributed by atoms with Crippen molar-refractivity contribution >= 4 is 22.5 Å². The van der Waals surface area contributed by atoms with Crippen LogP contribution in [0.15, 0.2) is 70.4 Å². The predicted molar refractivity (Wildman–Crippen MR) is 129 cm³/mol. The van der Waals surface area contributed by atoms with E-state index in [2.05, 4.69) is 17.0 Å². The first-order valence-corrected chi connectivity index (χ1v) is 11.3. The molecule has 0 saturated carbocycles. The fourth-order valence-corrected chi connectivity index (χ4v) is 4.52. The highest BCUT2D eigenvalue weighted by molar-refractivity contribution is 6.30. The zero-order valence-electron chi connectivity index (χ0n) is 18.4. The molecule has 0 aliphatic carbocycles. The van der Waals surface area contributed by atoms with Crippen molar-refractivity contribution in [2.45, 2.75) is 13.1 Å². The SMILES string of the molecule is Cn1c(=O)c2cn(Cc3ccc(CN4CCOCC4)cc3)c(=O)cc2n1-c1cccc(Cl)c1. The van der Waals surface area contributed by atoms with Crippen LogP contribution in [0.1, 0.15) is 11.1 Å². The Balaban J connectivity index is 1.43. The number of halogens is 1. The van der Waals surface area contributed by atoms with Gasteiger partial charge in [0.1, 0.15) is 0 Å². The molecule has 1 fully saturated rings. The Labute approximate surface area is 196 Å². The summed E-state index contributed by atoms with van der Waals surface area (Å²) in [5.41, 5.74) is 3.20. The molecule has 3 heterocycles. The van der Waals surface area contributed by atoms with Gasteiger partial charge in [0.05, 0.1) is 36.3 Å². The predicted octanol–water partition coefficient (Wildman–Crippen LogP) is 3.02. The van der Waals surface area contributed by atoms with E-state index in [1.165, 1.54) is 16.3 Å². The third-order valence-corrected chi connectivity index (χ3v) is 6.33. The van der Waals surface area contributed by atoms with E-state index in [0.29, 0.717) is 22.5 Å². The van der Waals surface area contributed by atoms with Gasteiger partial charge in [-0.2, -0.15) is 0 Å². The molecule has 5 rings (SSSR count).